The number of hydrogen-bond donors (Lipinski definition) is 1. The van der Waals surface area contributed by atoms with Gasteiger partial charge in [0.15, 0.2) is 0 Å². The SMILES string of the molecule is CCN(Cc1ccc(Br)cn1)CC(C)(C)CN. The minimum absolute atomic E-state index is 0.158. The van der Waals surface area contributed by atoms with Crippen molar-refractivity contribution in [2.75, 3.05) is 19.6 Å². The lowest BCUT2D eigenvalue weighted by Crippen LogP contribution is -2.38. The molecule has 1 rings (SSSR count). The lowest BCUT2D eigenvalue weighted by molar-refractivity contribution is 0.182. The molecule has 0 aliphatic rings. The third-order valence-corrected chi connectivity index (χ3v) is 3.29. The fourth-order valence-corrected chi connectivity index (χ4v) is 1.91. The topological polar surface area (TPSA) is 42.2 Å². The first-order chi connectivity index (χ1) is 7.96. The van der Waals surface area contributed by atoms with Crippen LogP contribution in [0.1, 0.15) is 26.5 Å². The van der Waals surface area contributed by atoms with Crippen molar-refractivity contribution in [2.45, 2.75) is 27.3 Å². The molecular weight excluding hydrogens is 278 g/mol. The molecule has 1 aromatic heterocycles. The summed E-state index contributed by atoms with van der Waals surface area (Å²) in [5, 5.41) is 0. The molecule has 0 aliphatic carbocycles. The summed E-state index contributed by atoms with van der Waals surface area (Å²) in [4.78, 5) is 6.78. The van der Waals surface area contributed by atoms with Crippen LogP contribution < -0.4 is 5.73 Å². The maximum Gasteiger partial charge on any atom is 0.0544 e. The molecule has 0 amide bonds. The van der Waals surface area contributed by atoms with Crippen LogP contribution in [0.3, 0.4) is 0 Å². The normalized spacial score (nSPS) is 12.1. The van der Waals surface area contributed by atoms with Gasteiger partial charge in [0, 0.05) is 23.8 Å². The Morgan fingerprint density at radius 3 is 2.59 bits per heavy atom. The van der Waals surface area contributed by atoms with E-state index in [4.69, 9.17) is 5.73 Å². The zero-order chi connectivity index (χ0) is 12.9. The molecular formula is C13H22BrN3. The largest absolute Gasteiger partial charge is 0.330 e. The molecule has 0 aromatic carbocycles. The van der Waals surface area contributed by atoms with E-state index in [2.05, 4.69) is 52.7 Å². The van der Waals surface area contributed by atoms with E-state index in [1.807, 2.05) is 12.3 Å². The summed E-state index contributed by atoms with van der Waals surface area (Å²) in [7, 11) is 0. The number of hydrogen-bond acceptors (Lipinski definition) is 3. The molecule has 4 heteroatoms. The van der Waals surface area contributed by atoms with Crippen molar-refractivity contribution in [1.82, 2.24) is 9.88 Å². The molecule has 2 N–H and O–H groups in total. The average molecular weight is 300 g/mol. The average Bonchev–Trinajstić information content (AvgIpc) is 2.31. The Bertz CT molecular complexity index is 335. The fourth-order valence-electron chi connectivity index (χ4n) is 1.68. The van der Waals surface area contributed by atoms with Gasteiger partial charge < -0.3 is 5.73 Å². The Kier molecular flexibility index (Phi) is 5.56. The fraction of sp³-hybridized carbons (Fsp3) is 0.615. The maximum absolute atomic E-state index is 5.77. The maximum atomic E-state index is 5.77. The van der Waals surface area contributed by atoms with E-state index < -0.39 is 0 Å². The molecule has 0 saturated carbocycles. The van der Waals surface area contributed by atoms with Gasteiger partial charge in [-0.2, -0.15) is 0 Å². The van der Waals surface area contributed by atoms with E-state index in [0.717, 1.165) is 29.8 Å². The molecule has 17 heavy (non-hydrogen) atoms. The van der Waals surface area contributed by atoms with Crippen molar-refractivity contribution in [3.05, 3.63) is 28.5 Å². The molecule has 3 nitrogen and oxygen atoms in total. The number of nitrogens with zero attached hydrogens (tertiary/aromatic N) is 2. The lowest BCUT2D eigenvalue weighted by Gasteiger charge is -2.30. The van der Waals surface area contributed by atoms with Crippen LogP contribution in [0.4, 0.5) is 0 Å². The van der Waals surface area contributed by atoms with Crippen molar-refractivity contribution in [1.29, 1.82) is 0 Å². The summed E-state index contributed by atoms with van der Waals surface area (Å²) in [5.74, 6) is 0. The van der Waals surface area contributed by atoms with Crippen LogP contribution in [-0.4, -0.2) is 29.5 Å². The molecule has 0 bridgehead atoms. The van der Waals surface area contributed by atoms with Crippen LogP contribution in [0.15, 0.2) is 22.8 Å². The van der Waals surface area contributed by atoms with E-state index in [-0.39, 0.29) is 5.41 Å². The van der Waals surface area contributed by atoms with E-state index in [1.165, 1.54) is 0 Å². The van der Waals surface area contributed by atoms with Crippen molar-refractivity contribution in [2.24, 2.45) is 11.1 Å². The van der Waals surface area contributed by atoms with E-state index >= 15 is 0 Å². The zero-order valence-corrected chi connectivity index (χ0v) is 12.5. The van der Waals surface area contributed by atoms with Gasteiger partial charge in [0.2, 0.25) is 0 Å². The van der Waals surface area contributed by atoms with Gasteiger partial charge in [0.05, 0.1) is 5.69 Å². The standard InChI is InChI=1S/C13H22BrN3/c1-4-17(10-13(2,3)9-15)8-12-6-5-11(14)7-16-12/h5-7H,4,8-10,15H2,1-3H3. The summed E-state index contributed by atoms with van der Waals surface area (Å²) in [6.45, 7) is 10.2. The zero-order valence-electron chi connectivity index (χ0n) is 10.9. The Labute approximate surface area is 113 Å². The van der Waals surface area contributed by atoms with Crippen LogP contribution in [-0.2, 0) is 6.54 Å². The first-order valence-corrected chi connectivity index (χ1v) is 6.79. The van der Waals surface area contributed by atoms with Gasteiger partial charge in [0.25, 0.3) is 0 Å². The van der Waals surface area contributed by atoms with Crippen molar-refractivity contribution < 1.29 is 0 Å². The lowest BCUT2D eigenvalue weighted by atomic mass is 9.93. The number of rotatable bonds is 6. The van der Waals surface area contributed by atoms with Gasteiger partial charge in [0.1, 0.15) is 0 Å². The second-order valence-corrected chi connectivity index (χ2v) is 6.06. The van der Waals surface area contributed by atoms with Crippen molar-refractivity contribution in [3.63, 3.8) is 0 Å². The molecule has 0 spiro atoms. The van der Waals surface area contributed by atoms with Crippen LogP contribution >= 0.6 is 15.9 Å². The monoisotopic (exact) mass is 299 g/mol. The molecule has 0 atom stereocenters. The van der Waals surface area contributed by atoms with E-state index in [1.54, 1.807) is 0 Å². The van der Waals surface area contributed by atoms with Gasteiger partial charge in [-0.25, -0.2) is 0 Å². The van der Waals surface area contributed by atoms with Gasteiger partial charge in [-0.1, -0.05) is 20.8 Å². The molecule has 0 radical (unpaired) electrons. The smallest absolute Gasteiger partial charge is 0.0544 e. The molecule has 0 saturated heterocycles. The van der Waals surface area contributed by atoms with Crippen LogP contribution in [0, 0.1) is 5.41 Å². The minimum Gasteiger partial charge on any atom is -0.330 e. The van der Waals surface area contributed by atoms with Gasteiger partial charge >= 0.3 is 0 Å². The predicted octanol–water partition coefficient (Wildman–Crippen LogP) is 2.65. The third-order valence-electron chi connectivity index (χ3n) is 2.83. The Balaban J connectivity index is 2.61. The Hall–Kier alpha value is -0.450. The highest BCUT2D eigenvalue weighted by molar-refractivity contribution is 9.10. The summed E-state index contributed by atoms with van der Waals surface area (Å²) in [5.41, 5.74) is 7.03. The summed E-state index contributed by atoms with van der Waals surface area (Å²) in [6, 6.07) is 4.09. The third kappa shape index (κ3) is 5.15. The highest BCUT2D eigenvalue weighted by Gasteiger charge is 2.19. The Morgan fingerprint density at radius 2 is 2.12 bits per heavy atom. The van der Waals surface area contributed by atoms with E-state index in [0.29, 0.717) is 6.54 Å². The van der Waals surface area contributed by atoms with Crippen molar-refractivity contribution >= 4 is 15.9 Å². The quantitative estimate of drug-likeness (QED) is 0.878. The predicted molar refractivity (Wildman–Crippen MR) is 75.7 cm³/mol. The van der Waals surface area contributed by atoms with E-state index in [9.17, 15) is 0 Å². The Morgan fingerprint density at radius 1 is 1.41 bits per heavy atom. The number of pyridine rings is 1. The number of nitrogens with two attached hydrogens (primary N) is 1. The van der Waals surface area contributed by atoms with Crippen LogP contribution in [0.5, 0.6) is 0 Å². The number of halogens is 1. The summed E-state index contributed by atoms with van der Waals surface area (Å²) >= 11 is 3.40. The van der Waals surface area contributed by atoms with Gasteiger partial charge in [-0.05, 0) is 46.6 Å². The van der Waals surface area contributed by atoms with Crippen LogP contribution in [0.25, 0.3) is 0 Å². The summed E-state index contributed by atoms with van der Waals surface area (Å²) < 4.78 is 1.02. The molecule has 1 heterocycles. The van der Waals surface area contributed by atoms with Gasteiger partial charge in [-0.3, -0.25) is 9.88 Å². The molecule has 0 unspecified atom stereocenters. The van der Waals surface area contributed by atoms with Crippen LogP contribution in [0.2, 0.25) is 0 Å². The molecule has 1 aromatic rings. The van der Waals surface area contributed by atoms with Gasteiger partial charge in [-0.15, -0.1) is 0 Å². The molecule has 0 aliphatic heterocycles. The van der Waals surface area contributed by atoms with Crippen molar-refractivity contribution in [3.8, 4) is 0 Å². The second-order valence-electron chi connectivity index (χ2n) is 5.14. The first-order valence-electron chi connectivity index (χ1n) is 5.99. The molecule has 0 fully saturated rings. The molecule has 96 valence electrons. The highest BCUT2D eigenvalue weighted by atomic mass is 79.9. The number of aromatic nitrogens is 1. The second kappa shape index (κ2) is 6.47. The first kappa shape index (κ1) is 14.6. The minimum atomic E-state index is 0.158. The summed E-state index contributed by atoms with van der Waals surface area (Å²) in [6.07, 6.45) is 1.84. The highest BCUT2D eigenvalue weighted by Crippen LogP contribution is 2.16.